The molecule has 0 heterocycles. The molecule has 3 nitrogen and oxygen atoms in total. The molecule has 0 N–H and O–H groups in total. The average Bonchev–Trinajstić information content (AvgIpc) is 1.98. The van der Waals surface area contributed by atoms with Gasteiger partial charge in [-0.2, -0.15) is 0 Å². The molecule has 1 aliphatic carbocycles. The Balaban J connectivity index is 2.40. The molecule has 4 atom stereocenters. The predicted molar refractivity (Wildman–Crippen MR) is 47.2 cm³/mol. The fraction of sp³-hybridized carbons (Fsp3) is 1.00. The van der Waals surface area contributed by atoms with Crippen molar-refractivity contribution in [3.8, 4) is 0 Å². The van der Waals surface area contributed by atoms with Crippen LogP contribution in [0.25, 0.3) is 0 Å². The Hall–Kier alpha value is -0.170. The highest BCUT2D eigenvalue weighted by Crippen LogP contribution is 2.30. The lowest BCUT2D eigenvalue weighted by Gasteiger charge is -2.29. The summed E-state index contributed by atoms with van der Waals surface area (Å²) in [4.78, 5) is 14.6. The first-order valence-electron chi connectivity index (χ1n) is 3.98. The second kappa shape index (κ2) is 4.01. The fourth-order valence-electron chi connectivity index (χ4n) is 1.53. The quantitative estimate of drug-likeness (QED) is 0.366. The monoisotopic (exact) mass is 175 g/mol. The van der Waals surface area contributed by atoms with Crippen LogP contribution in [0.2, 0.25) is 0 Å². The molecular weight excluding hydrogens is 161 g/mol. The summed E-state index contributed by atoms with van der Waals surface area (Å²) >= 11 is 0. The Bertz CT molecular complexity index is 142. The second-order valence-electron chi connectivity index (χ2n) is 3.30. The van der Waals surface area contributed by atoms with Crippen LogP contribution >= 0.6 is 9.24 Å². The zero-order valence-corrected chi connectivity index (χ0v) is 7.85. The molecule has 1 rings (SSSR count). The maximum atomic E-state index is 9.84. The van der Waals surface area contributed by atoms with E-state index in [4.69, 9.17) is 4.84 Å². The molecule has 1 aliphatic rings. The van der Waals surface area contributed by atoms with E-state index in [1.54, 1.807) is 0 Å². The first-order chi connectivity index (χ1) is 5.24. The van der Waals surface area contributed by atoms with Crippen LogP contribution in [-0.2, 0) is 4.84 Å². The van der Waals surface area contributed by atoms with Gasteiger partial charge in [-0.1, -0.05) is 6.92 Å². The Morgan fingerprint density at radius 1 is 1.55 bits per heavy atom. The first kappa shape index (κ1) is 8.92. The SMILES string of the molecule is CC1CCC(P)C(ON=O)C1. The molecule has 0 aliphatic heterocycles. The number of hydrogen-bond donors (Lipinski definition) is 0. The maximum absolute atomic E-state index is 9.84. The van der Waals surface area contributed by atoms with Gasteiger partial charge in [-0.25, -0.2) is 0 Å². The Labute approximate surface area is 69.0 Å². The van der Waals surface area contributed by atoms with Gasteiger partial charge in [0.25, 0.3) is 0 Å². The summed E-state index contributed by atoms with van der Waals surface area (Å²) in [5, 5.41) is 2.48. The van der Waals surface area contributed by atoms with E-state index >= 15 is 0 Å². The van der Waals surface area contributed by atoms with Gasteiger partial charge in [-0.15, -0.1) is 14.1 Å². The van der Waals surface area contributed by atoms with Gasteiger partial charge in [0.15, 0.2) is 5.34 Å². The van der Waals surface area contributed by atoms with Crippen LogP contribution in [0.5, 0.6) is 0 Å². The van der Waals surface area contributed by atoms with Crippen LogP contribution in [-0.4, -0.2) is 11.8 Å². The van der Waals surface area contributed by atoms with Gasteiger partial charge < -0.3 is 4.84 Å². The number of rotatable bonds is 2. The molecule has 11 heavy (non-hydrogen) atoms. The minimum atomic E-state index is 0.0289. The van der Waals surface area contributed by atoms with Crippen molar-refractivity contribution in [2.24, 2.45) is 11.3 Å². The molecule has 64 valence electrons. The number of nitrogens with zero attached hydrogens (tertiary/aromatic N) is 1. The summed E-state index contributed by atoms with van der Waals surface area (Å²) in [5.41, 5.74) is 0.406. The maximum Gasteiger partial charge on any atom is 0.155 e. The molecule has 0 radical (unpaired) electrons. The normalized spacial score (nSPS) is 38.2. The summed E-state index contributed by atoms with van der Waals surface area (Å²) in [7, 11) is 2.71. The van der Waals surface area contributed by atoms with E-state index in [-0.39, 0.29) is 6.10 Å². The largest absolute Gasteiger partial charge is 0.360 e. The van der Waals surface area contributed by atoms with Crippen LogP contribution in [0.1, 0.15) is 26.2 Å². The third-order valence-electron chi connectivity index (χ3n) is 2.28. The van der Waals surface area contributed by atoms with Gasteiger partial charge in [0.05, 0.1) is 0 Å². The zero-order chi connectivity index (χ0) is 8.27. The lowest BCUT2D eigenvalue weighted by atomic mass is 9.88. The molecule has 0 aromatic rings. The second-order valence-corrected chi connectivity index (χ2v) is 4.16. The van der Waals surface area contributed by atoms with Crippen LogP contribution in [0.15, 0.2) is 5.34 Å². The van der Waals surface area contributed by atoms with Crippen molar-refractivity contribution in [2.45, 2.75) is 37.9 Å². The highest BCUT2D eigenvalue weighted by atomic mass is 31.0. The van der Waals surface area contributed by atoms with Crippen molar-refractivity contribution in [3.63, 3.8) is 0 Å². The molecule has 0 saturated heterocycles. The topological polar surface area (TPSA) is 38.7 Å². The van der Waals surface area contributed by atoms with Gasteiger partial charge >= 0.3 is 0 Å². The van der Waals surface area contributed by atoms with E-state index in [2.05, 4.69) is 21.5 Å². The minimum absolute atomic E-state index is 0.0289. The van der Waals surface area contributed by atoms with E-state index in [1.165, 1.54) is 6.42 Å². The molecule has 4 heteroatoms. The van der Waals surface area contributed by atoms with E-state index in [1.807, 2.05) is 0 Å². The van der Waals surface area contributed by atoms with Crippen molar-refractivity contribution in [2.75, 3.05) is 0 Å². The summed E-state index contributed by atoms with van der Waals surface area (Å²) < 4.78 is 0. The van der Waals surface area contributed by atoms with Gasteiger partial charge in [-0.3, -0.25) is 0 Å². The van der Waals surface area contributed by atoms with Crippen LogP contribution in [0.3, 0.4) is 0 Å². The number of hydrogen-bond acceptors (Lipinski definition) is 3. The summed E-state index contributed by atoms with van der Waals surface area (Å²) in [5.74, 6) is 0.665. The Morgan fingerprint density at radius 3 is 2.91 bits per heavy atom. The van der Waals surface area contributed by atoms with E-state index in [9.17, 15) is 4.91 Å². The third kappa shape index (κ3) is 2.41. The summed E-state index contributed by atoms with van der Waals surface area (Å²) in [6.07, 6.45) is 3.33. The smallest absolute Gasteiger partial charge is 0.155 e. The van der Waals surface area contributed by atoms with E-state index < -0.39 is 0 Å². The van der Waals surface area contributed by atoms with E-state index in [0.717, 1.165) is 12.8 Å². The third-order valence-corrected chi connectivity index (χ3v) is 3.05. The van der Waals surface area contributed by atoms with E-state index in [0.29, 0.717) is 11.6 Å². The molecule has 0 bridgehead atoms. The summed E-state index contributed by atoms with van der Waals surface area (Å²) in [6, 6.07) is 0. The molecule has 1 saturated carbocycles. The fourth-order valence-corrected chi connectivity index (χ4v) is 1.95. The molecule has 0 aromatic carbocycles. The molecule has 4 unspecified atom stereocenters. The van der Waals surface area contributed by atoms with Crippen LogP contribution in [0, 0.1) is 10.8 Å². The molecular formula is C7H14NO2P. The lowest BCUT2D eigenvalue weighted by Crippen LogP contribution is -2.29. The molecule has 0 spiro atoms. The van der Waals surface area contributed by atoms with Crippen molar-refractivity contribution < 1.29 is 4.84 Å². The van der Waals surface area contributed by atoms with Crippen LogP contribution in [0.4, 0.5) is 0 Å². The van der Waals surface area contributed by atoms with Gasteiger partial charge in [0.1, 0.15) is 6.10 Å². The van der Waals surface area contributed by atoms with Crippen molar-refractivity contribution >= 4 is 9.24 Å². The van der Waals surface area contributed by atoms with Gasteiger partial charge in [0.2, 0.25) is 0 Å². The van der Waals surface area contributed by atoms with Gasteiger partial charge in [-0.05, 0) is 25.2 Å². The highest BCUT2D eigenvalue weighted by molar-refractivity contribution is 7.17. The Morgan fingerprint density at radius 2 is 2.27 bits per heavy atom. The Kier molecular flexibility index (Phi) is 3.25. The molecule has 0 aromatic heterocycles. The molecule has 1 fully saturated rings. The van der Waals surface area contributed by atoms with Crippen molar-refractivity contribution in [1.82, 2.24) is 0 Å². The minimum Gasteiger partial charge on any atom is -0.360 e. The summed E-state index contributed by atoms with van der Waals surface area (Å²) in [6.45, 7) is 2.18. The van der Waals surface area contributed by atoms with Gasteiger partial charge in [0, 0.05) is 5.66 Å². The average molecular weight is 175 g/mol. The van der Waals surface area contributed by atoms with Crippen LogP contribution < -0.4 is 0 Å². The van der Waals surface area contributed by atoms with Crippen molar-refractivity contribution in [1.29, 1.82) is 0 Å². The lowest BCUT2D eigenvalue weighted by molar-refractivity contribution is 0.0210. The molecule has 0 amide bonds. The van der Waals surface area contributed by atoms with Crippen molar-refractivity contribution in [3.05, 3.63) is 4.91 Å². The highest BCUT2D eigenvalue weighted by Gasteiger charge is 2.27. The first-order valence-corrected chi connectivity index (χ1v) is 4.64. The zero-order valence-electron chi connectivity index (χ0n) is 6.69. The predicted octanol–water partition coefficient (Wildman–Crippen LogP) is 2.12. The standard InChI is InChI=1S/C7H14NO2P/c1-5-2-3-7(11)6(4-5)10-8-9/h5-7H,2-4,11H2,1H3.